The zero-order valence-corrected chi connectivity index (χ0v) is 8.49. The molecule has 0 radical (unpaired) electrons. The van der Waals surface area contributed by atoms with Crippen molar-refractivity contribution in [2.75, 3.05) is 19.6 Å². The maximum atomic E-state index is 11.4. The summed E-state index contributed by atoms with van der Waals surface area (Å²) in [5, 5.41) is 9.38. The third kappa shape index (κ3) is 3.44. The lowest BCUT2D eigenvalue weighted by molar-refractivity contribution is -0.123. The number of hydrogen-bond acceptors (Lipinski definition) is 3. The number of hydrogen-bond donors (Lipinski definition) is 1. The van der Waals surface area contributed by atoms with Crippen LogP contribution >= 0.6 is 0 Å². The summed E-state index contributed by atoms with van der Waals surface area (Å²) in [6.45, 7) is 5.97. The first-order valence-corrected chi connectivity index (χ1v) is 5.02. The highest BCUT2D eigenvalue weighted by molar-refractivity contribution is 5.82. The van der Waals surface area contributed by atoms with Crippen LogP contribution in [-0.2, 0) is 4.79 Å². The summed E-state index contributed by atoms with van der Waals surface area (Å²) < 4.78 is 0. The largest absolute Gasteiger partial charge is 0.392 e. The molecule has 0 amide bonds. The van der Waals surface area contributed by atoms with Crippen molar-refractivity contribution in [3.05, 3.63) is 0 Å². The molecule has 3 nitrogen and oxygen atoms in total. The summed E-state index contributed by atoms with van der Waals surface area (Å²) in [5.41, 5.74) is 0. The van der Waals surface area contributed by atoms with Crippen molar-refractivity contribution in [1.29, 1.82) is 0 Å². The Kier molecular flexibility index (Phi) is 3.88. The number of carbonyl (C=O) groups excluding carboxylic acids is 1. The number of Topliss-reactive ketones (excluding diaryl/α,β-unsaturated/α-hetero) is 1. The van der Waals surface area contributed by atoms with Gasteiger partial charge in [-0.15, -0.1) is 0 Å². The van der Waals surface area contributed by atoms with E-state index in [1.165, 1.54) is 0 Å². The van der Waals surface area contributed by atoms with Gasteiger partial charge in [0.05, 0.1) is 12.6 Å². The molecule has 1 aliphatic rings. The van der Waals surface area contributed by atoms with Crippen LogP contribution in [0.15, 0.2) is 0 Å². The zero-order valence-electron chi connectivity index (χ0n) is 8.49. The fourth-order valence-corrected chi connectivity index (χ4v) is 1.58. The number of aliphatic hydroxyl groups is 1. The average Bonchev–Trinajstić information content (AvgIpc) is 2.04. The van der Waals surface area contributed by atoms with Gasteiger partial charge in [-0.2, -0.15) is 0 Å². The Morgan fingerprint density at radius 3 is 2.85 bits per heavy atom. The molecule has 1 heterocycles. The van der Waals surface area contributed by atoms with Crippen molar-refractivity contribution in [1.82, 2.24) is 4.90 Å². The van der Waals surface area contributed by atoms with Crippen LogP contribution in [0, 0.1) is 5.92 Å². The van der Waals surface area contributed by atoms with Gasteiger partial charge in [0, 0.05) is 12.5 Å². The van der Waals surface area contributed by atoms with E-state index in [-0.39, 0.29) is 17.8 Å². The standard InChI is InChI=1S/C10H19NO2/c1-8(2)10(13)7-11-5-3-4-9(12)6-11/h8-9,12H,3-7H2,1-2H3. The number of likely N-dealkylation sites (tertiary alicyclic amines) is 1. The molecular weight excluding hydrogens is 166 g/mol. The molecule has 0 saturated carbocycles. The van der Waals surface area contributed by atoms with Crippen LogP contribution in [-0.4, -0.2) is 41.5 Å². The number of nitrogens with zero attached hydrogens (tertiary/aromatic N) is 1. The van der Waals surface area contributed by atoms with Crippen LogP contribution in [0.4, 0.5) is 0 Å². The number of β-amino-alcohol motifs (C(OH)–C–C–N with tert-alkyl or cyclic N) is 1. The summed E-state index contributed by atoms with van der Waals surface area (Å²) >= 11 is 0. The Bertz CT molecular complexity index is 180. The molecule has 0 spiro atoms. The van der Waals surface area contributed by atoms with Gasteiger partial charge in [-0.1, -0.05) is 13.8 Å². The lowest BCUT2D eigenvalue weighted by atomic mass is 10.1. The number of piperidine rings is 1. The maximum absolute atomic E-state index is 11.4. The normalized spacial score (nSPS) is 25.1. The number of carbonyl (C=O) groups is 1. The lowest BCUT2D eigenvalue weighted by Crippen LogP contribution is -2.41. The Labute approximate surface area is 79.7 Å². The third-order valence-corrected chi connectivity index (χ3v) is 2.50. The van der Waals surface area contributed by atoms with Gasteiger partial charge < -0.3 is 5.11 Å². The first-order valence-electron chi connectivity index (χ1n) is 5.02. The van der Waals surface area contributed by atoms with Crippen molar-refractivity contribution in [2.45, 2.75) is 32.8 Å². The molecule has 0 aliphatic carbocycles. The molecule has 0 aromatic carbocycles. The minimum absolute atomic E-state index is 0.110. The van der Waals surface area contributed by atoms with Gasteiger partial charge >= 0.3 is 0 Å². The van der Waals surface area contributed by atoms with Crippen LogP contribution in [0.2, 0.25) is 0 Å². The van der Waals surface area contributed by atoms with Gasteiger partial charge in [0.1, 0.15) is 5.78 Å². The highest BCUT2D eigenvalue weighted by Crippen LogP contribution is 2.10. The summed E-state index contributed by atoms with van der Waals surface area (Å²) in [4.78, 5) is 13.4. The molecule has 0 bridgehead atoms. The van der Waals surface area contributed by atoms with Crippen molar-refractivity contribution < 1.29 is 9.90 Å². The molecule has 13 heavy (non-hydrogen) atoms. The molecule has 3 heteroatoms. The molecule has 1 fully saturated rings. The smallest absolute Gasteiger partial charge is 0.149 e. The Morgan fingerprint density at radius 2 is 2.31 bits per heavy atom. The van der Waals surface area contributed by atoms with Gasteiger partial charge in [0.15, 0.2) is 0 Å². The first kappa shape index (κ1) is 10.7. The number of rotatable bonds is 3. The summed E-state index contributed by atoms with van der Waals surface area (Å²) in [7, 11) is 0. The highest BCUT2D eigenvalue weighted by Gasteiger charge is 2.20. The Hall–Kier alpha value is -0.410. The SMILES string of the molecule is CC(C)C(=O)CN1CCCC(O)C1. The van der Waals surface area contributed by atoms with Crippen molar-refractivity contribution >= 4 is 5.78 Å². The van der Waals surface area contributed by atoms with E-state index in [0.29, 0.717) is 13.1 Å². The monoisotopic (exact) mass is 185 g/mol. The molecule has 1 unspecified atom stereocenters. The van der Waals surface area contributed by atoms with E-state index < -0.39 is 0 Å². The summed E-state index contributed by atoms with van der Waals surface area (Å²) in [5.74, 6) is 0.383. The zero-order chi connectivity index (χ0) is 9.84. The van der Waals surface area contributed by atoms with Crippen LogP contribution in [0.5, 0.6) is 0 Å². The lowest BCUT2D eigenvalue weighted by Gasteiger charge is -2.29. The molecule has 1 atom stereocenters. The predicted octanol–water partition coefficient (Wildman–Crippen LogP) is 0.668. The minimum Gasteiger partial charge on any atom is -0.392 e. The van der Waals surface area contributed by atoms with E-state index in [2.05, 4.69) is 4.90 Å². The van der Waals surface area contributed by atoms with Gasteiger partial charge in [-0.25, -0.2) is 0 Å². The van der Waals surface area contributed by atoms with Gasteiger partial charge in [0.25, 0.3) is 0 Å². The molecule has 1 N–H and O–H groups in total. The molecule has 1 aliphatic heterocycles. The van der Waals surface area contributed by atoms with E-state index >= 15 is 0 Å². The maximum Gasteiger partial charge on any atom is 0.149 e. The molecule has 76 valence electrons. The second-order valence-electron chi connectivity index (χ2n) is 4.15. The quantitative estimate of drug-likeness (QED) is 0.702. The number of aliphatic hydroxyl groups excluding tert-OH is 1. The second kappa shape index (κ2) is 4.72. The minimum atomic E-state index is -0.228. The van der Waals surface area contributed by atoms with Gasteiger partial charge in [-0.05, 0) is 19.4 Å². The molecular formula is C10H19NO2. The highest BCUT2D eigenvalue weighted by atomic mass is 16.3. The van der Waals surface area contributed by atoms with Gasteiger partial charge in [-0.3, -0.25) is 9.69 Å². The molecule has 0 aromatic heterocycles. The summed E-state index contributed by atoms with van der Waals surface area (Å²) in [6.07, 6.45) is 1.66. The number of ketones is 1. The van der Waals surface area contributed by atoms with E-state index in [1.807, 2.05) is 13.8 Å². The van der Waals surface area contributed by atoms with E-state index in [4.69, 9.17) is 0 Å². The van der Waals surface area contributed by atoms with Crippen molar-refractivity contribution in [3.63, 3.8) is 0 Å². The topological polar surface area (TPSA) is 40.5 Å². The average molecular weight is 185 g/mol. The first-order chi connectivity index (χ1) is 6.09. The molecule has 0 aromatic rings. The predicted molar refractivity (Wildman–Crippen MR) is 51.5 cm³/mol. The second-order valence-corrected chi connectivity index (χ2v) is 4.15. The van der Waals surface area contributed by atoms with Crippen LogP contribution in [0.25, 0.3) is 0 Å². The van der Waals surface area contributed by atoms with Crippen LogP contribution in [0.3, 0.4) is 0 Å². The Balaban J connectivity index is 2.31. The van der Waals surface area contributed by atoms with Crippen molar-refractivity contribution in [2.24, 2.45) is 5.92 Å². The Morgan fingerprint density at radius 1 is 1.62 bits per heavy atom. The fraction of sp³-hybridized carbons (Fsp3) is 0.900. The van der Waals surface area contributed by atoms with E-state index in [1.54, 1.807) is 0 Å². The molecule has 1 saturated heterocycles. The van der Waals surface area contributed by atoms with Gasteiger partial charge in [0.2, 0.25) is 0 Å². The third-order valence-electron chi connectivity index (χ3n) is 2.50. The molecule has 1 rings (SSSR count). The van der Waals surface area contributed by atoms with Crippen molar-refractivity contribution in [3.8, 4) is 0 Å². The van der Waals surface area contributed by atoms with E-state index in [0.717, 1.165) is 19.4 Å². The fourth-order valence-electron chi connectivity index (χ4n) is 1.58. The van der Waals surface area contributed by atoms with Crippen LogP contribution < -0.4 is 0 Å². The summed E-state index contributed by atoms with van der Waals surface area (Å²) in [6, 6.07) is 0. The van der Waals surface area contributed by atoms with Crippen LogP contribution in [0.1, 0.15) is 26.7 Å². The van der Waals surface area contributed by atoms with E-state index in [9.17, 15) is 9.90 Å².